The highest BCUT2D eigenvalue weighted by molar-refractivity contribution is 8.01. The molecule has 2 amide bonds. The minimum absolute atomic E-state index is 0.124. The summed E-state index contributed by atoms with van der Waals surface area (Å²) in [4.78, 5) is 24.5. The average Bonchev–Trinajstić information content (AvgIpc) is 3.30. The number of rotatable bonds is 11. The van der Waals surface area contributed by atoms with Gasteiger partial charge in [-0.15, -0.1) is 10.2 Å². The summed E-state index contributed by atoms with van der Waals surface area (Å²) in [5.74, 6) is 1.23. The largest absolute Gasteiger partial charge is 0.497 e. The molecule has 168 valence electrons. The van der Waals surface area contributed by atoms with Crippen molar-refractivity contribution in [1.29, 1.82) is 0 Å². The molecule has 2 N–H and O–H groups in total. The Bertz CT molecular complexity index is 1020. The Labute approximate surface area is 194 Å². The van der Waals surface area contributed by atoms with E-state index in [0.717, 1.165) is 29.1 Å². The normalized spacial score (nSPS) is 10.4. The molecule has 0 atom stereocenters. The number of anilines is 1. The summed E-state index contributed by atoms with van der Waals surface area (Å²) >= 11 is 2.38. The van der Waals surface area contributed by atoms with E-state index in [9.17, 15) is 9.59 Å². The van der Waals surface area contributed by atoms with E-state index in [1.54, 1.807) is 31.4 Å². The molecule has 0 saturated heterocycles. The summed E-state index contributed by atoms with van der Waals surface area (Å²) in [6.07, 6.45) is 0.957. The van der Waals surface area contributed by atoms with Crippen molar-refractivity contribution in [3.05, 3.63) is 59.1 Å². The van der Waals surface area contributed by atoms with Crippen molar-refractivity contribution in [1.82, 2.24) is 15.5 Å². The highest BCUT2D eigenvalue weighted by Gasteiger charge is 2.14. The quantitative estimate of drug-likeness (QED) is 0.407. The van der Waals surface area contributed by atoms with Crippen molar-refractivity contribution in [3.63, 3.8) is 0 Å². The Morgan fingerprint density at radius 3 is 2.44 bits per heavy atom. The van der Waals surface area contributed by atoms with Crippen LogP contribution in [-0.2, 0) is 11.3 Å². The van der Waals surface area contributed by atoms with Gasteiger partial charge in [-0.1, -0.05) is 42.2 Å². The number of nitrogens with one attached hydrogen (secondary N) is 2. The fourth-order valence-corrected chi connectivity index (χ4v) is 4.10. The number of benzene rings is 2. The Balaban J connectivity index is 1.41. The number of aromatic nitrogens is 2. The number of ether oxygens (including phenoxy) is 2. The molecule has 2 aromatic carbocycles. The number of thioether (sulfide) groups is 1. The van der Waals surface area contributed by atoms with Gasteiger partial charge in [0.2, 0.25) is 10.9 Å². The van der Waals surface area contributed by atoms with Gasteiger partial charge in [0.05, 0.1) is 19.5 Å². The molecule has 32 heavy (non-hydrogen) atoms. The molecule has 0 aliphatic carbocycles. The number of carbonyl (C=O) groups excluding carboxylic acids is 2. The molecule has 0 saturated carbocycles. The van der Waals surface area contributed by atoms with Crippen LogP contribution >= 0.6 is 23.1 Å². The van der Waals surface area contributed by atoms with Crippen LogP contribution < -0.4 is 20.1 Å². The zero-order chi connectivity index (χ0) is 22.8. The first-order valence-corrected chi connectivity index (χ1v) is 11.8. The lowest BCUT2D eigenvalue weighted by molar-refractivity contribution is -0.118. The van der Waals surface area contributed by atoms with Crippen LogP contribution in [-0.4, -0.2) is 41.5 Å². The molecular formula is C22H24N4O4S2. The van der Waals surface area contributed by atoms with E-state index in [1.807, 2.05) is 24.3 Å². The first-order valence-electron chi connectivity index (χ1n) is 9.97. The van der Waals surface area contributed by atoms with Crippen LogP contribution in [0, 0.1) is 0 Å². The molecule has 0 spiro atoms. The molecule has 10 heteroatoms. The number of hydrogen-bond donors (Lipinski definition) is 2. The second-order valence-electron chi connectivity index (χ2n) is 6.61. The standard InChI is InChI=1S/C22H24N4O4S2/c1-3-12-30-18-8-4-15(5-9-18)13-23-19(27)14-31-22-26-25-21(32-22)20(28)24-16-6-10-17(29-2)11-7-16/h4-11H,3,12-14H2,1-2H3,(H,23,27)(H,24,28). The van der Waals surface area contributed by atoms with Gasteiger partial charge in [-0.2, -0.15) is 0 Å². The van der Waals surface area contributed by atoms with Gasteiger partial charge in [-0.05, 0) is 48.4 Å². The van der Waals surface area contributed by atoms with Gasteiger partial charge in [0.15, 0.2) is 4.34 Å². The number of amides is 2. The SMILES string of the molecule is CCCOc1ccc(CNC(=O)CSc2nnc(C(=O)Nc3ccc(OC)cc3)s2)cc1. The zero-order valence-electron chi connectivity index (χ0n) is 17.8. The molecule has 0 radical (unpaired) electrons. The summed E-state index contributed by atoms with van der Waals surface area (Å²) in [7, 11) is 1.58. The van der Waals surface area contributed by atoms with Gasteiger partial charge in [0.1, 0.15) is 11.5 Å². The molecule has 1 heterocycles. The minimum atomic E-state index is -0.352. The summed E-state index contributed by atoms with van der Waals surface area (Å²) in [6.45, 7) is 3.17. The van der Waals surface area contributed by atoms with Crippen molar-refractivity contribution in [2.24, 2.45) is 0 Å². The van der Waals surface area contributed by atoms with Crippen LogP contribution in [0.4, 0.5) is 5.69 Å². The maximum absolute atomic E-state index is 12.3. The van der Waals surface area contributed by atoms with Gasteiger partial charge in [-0.3, -0.25) is 9.59 Å². The van der Waals surface area contributed by atoms with E-state index in [4.69, 9.17) is 9.47 Å². The van der Waals surface area contributed by atoms with Crippen molar-refractivity contribution < 1.29 is 19.1 Å². The molecular weight excluding hydrogens is 448 g/mol. The fraction of sp³-hybridized carbons (Fsp3) is 0.273. The Hall–Kier alpha value is -3.11. The first-order chi connectivity index (χ1) is 15.6. The third-order valence-corrected chi connectivity index (χ3v) is 6.22. The van der Waals surface area contributed by atoms with Crippen molar-refractivity contribution in [2.75, 3.05) is 24.8 Å². The summed E-state index contributed by atoms with van der Waals surface area (Å²) < 4.78 is 11.2. The first kappa shape index (κ1) is 23.6. The van der Waals surface area contributed by atoms with Gasteiger partial charge < -0.3 is 20.1 Å². The van der Waals surface area contributed by atoms with E-state index in [2.05, 4.69) is 27.8 Å². The summed E-state index contributed by atoms with van der Waals surface area (Å²) in [5.41, 5.74) is 1.62. The topological polar surface area (TPSA) is 102 Å². The molecule has 1 aromatic heterocycles. The maximum atomic E-state index is 12.3. The zero-order valence-corrected chi connectivity index (χ0v) is 19.4. The third kappa shape index (κ3) is 7.24. The maximum Gasteiger partial charge on any atom is 0.286 e. The number of hydrogen-bond acceptors (Lipinski definition) is 8. The van der Waals surface area contributed by atoms with Crippen LogP contribution in [0.2, 0.25) is 0 Å². The lowest BCUT2D eigenvalue weighted by Crippen LogP contribution is -2.24. The summed E-state index contributed by atoms with van der Waals surface area (Å²) in [5, 5.41) is 13.8. The molecule has 0 fully saturated rings. The van der Waals surface area contributed by atoms with Crippen LogP contribution in [0.15, 0.2) is 52.9 Å². The second-order valence-corrected chi connectivity index (χ2v) is 8.81. The Morgan fingerprint density at radius 1 is 1.03 bits per heavy atom. The fourth-order valence-electron chi connectivity index (χ4n) is 2.52. The highest BCUT2D eigenvalue weighted by atomic mass is 32.2. The van der Waals surface area contributed by atoms with Gasteiger partial charge in [-0.25, -0.2) is 0 Å². The third-order valence-electron chi connectivity index (χ3n) is 4.16. The van der Waals surface area contributed by atoms with Crippen LogP contribution in [0.25, 0.3) is 0 Å². The Kier molecular flexibility index (Phi) is 8.88. The average molecular weight is 473 g/mol. The highest BCUT2D eigenvalue weighted by Crippen LogP contribution is 2.23. The number of methoxy groups -OCH3 is 1. The molecule has 0 bridgehead atoms. The predicted molar refractivity (Wildman–Crippen MR) is 126 cm³/mol. The molecule has 3 rings (SSSR count). The summed E-state index contributed by atoms with van der Waals surface area (Å²) in [6, 6.07) is 14.6. The number of carbonyl (C=O) groups is 2. The van der Waals surface area contributed by atoms with Crippen molar-refractivity contribution in [3.8, 4) is 11.5 Å². The van der Waals surface area contributed by atoms with Gasteiger partial charge in [0, 0.05) is 12.2 Å². The van der Waals surface area contributed by atoms with E-state index < -0.39 is 0 Å². The van der Waals surface area contributed by atoms with Crippen LogP contribution in [0.5, 0.6) is 11.5 Å². The molecule has 3 aromatic rings. The molecule has 0 aliphatic heterocycles. The lowest BCUT2D eigenvalue weighted by Gasteiger charge is -2.07. The van der Waals surface area contributed by atoms with Crippen molar-refractivity contribution in [2.45, 2.75) is 24.2 Å². The van der Waals surface area contributed by atoms with Gasteiger partial charge >= 0.3 is 0 Å². The van der Waals surface area contributed by atoms with E-state index in [1.165, 1.54) is 11.8 Å². The monoisotopic (exact) mass is 472 g/mol. The van der Waals surface area contributed by atoms with E-state index in [0.29, 0.717) is 28.9 Å². The molecule has 0 unspecified atom stereocenters. The Morgan fingerprint density at radius 2 is 1.75 bits per heavy atom. The lowest BCUT2D eigenvalue weighted by atomic mass is 10.2. The minimum Gasteiger partial charge on any atom is -0.497 e. The van der Waals surface area contributed by atoms with Crippen LogP contribution in [0.3, 0.4) is 0 Å². The van der Waals surface area contributed by atoms with E-state index in [-0.39, 0.29) is 22.6 Å². The smallest absolute Gasteiger partial charge is 0.286 e. The molecule has 0 aliphatic rings. The van der Waals surface area contributed by atoms with Crippen LogP contribution in [0.1, 0.15) is 28.7 Å². The van der Waals surface area contributed by atoms with E-state index >= 15 is 0 Å². The molecule has 8 nitrogen and oxygen atoms in total. The van der Waals surface area contributed by atoms with Crippen molar-refractivity contribution >= 4 is 40.6 Å². The number of nitrogens with zero attached hydrogens (tertiary/aromatic N) is 2. The predicted octanol–water partition coefficient (Wildman–Crippen LogP) is 4.00. The second kappa shape index (κ2) is 12.1. The van der Waals surface area contributed by atoms with Gasteiger partial charge in [0.25, 0.3) is 5.91 Å².